The number of halogens is 1. The van der Waals surface area contributed by atoms with Gasteiger partial charge in [-0.3, -0.25) is 0 Å². The Morgan fingerprint density at radius 2 is 2.06 bits per heavy atom. The topological polar surface area (TPSA) is 67.6 Å². The summed E-state index contributed by atoms with van der Waals surface area (Å²) < 4.78 is 0.212. The number of nitrogens with two attached hydrogens (primary N) is 1. The largest absolute Gasteiger partial charge is 0.369 e. The fraction of sp³-hybridized carbons (Fsp3) is 0.100. The lowest BCUT2D eigenvalue weighted by Crippen LogP contribution is -1.99. The number of aryl methyl sites for hydroxylation is 1. The van der Waals surface area contributed by atoms with E-state index in [-0.39, 0.29) is 10.7 Å². The minimum absolute atomic E-state index is 0.212. The third-order valence-corrected chi connectivity index (χ3v) is 2.39. The van der Waals surface area contributed by atoms with Gasteiger partial charge >= 0.3 is 0 Å². The maximum atomic E-state index is 5.97. The van der Waals surface area contributed by atoms with E-state index in [1.807, 2.05) is 19.1 Å². The second-order valence-electron chi connectivity index (χ2n) is 3.38. The molecule has 0 fully saturated rings. The van der Waals surface area contributed by atoms with Gasteiger partial charge in [0.15, 0.2) is 0 Å². The number of rotatable bonds is 1. The molecule has 3 N–H and O–H groups in total. The number of aromatic amines is 1. The smallest absolute Gasteiger partial charge is 0.224 e. The van der Waals surface area contributed by atoms with Crippen LogP contribution < -0.4 is 5.73 Å². The van der Waals surface area contributed by atoms with Crippen molar-refractivity contribution in [2.45, 2.75) is 6.92 Å². The summed E-state index contributed by atoms with van der Waals surface area (Å²) in [7, 11) is 0. The number of H-pyrrole nitrogens is 1. The van der Waals surface area contributed by atoms with Crippen LogP contribution in [0.5, 0.6) is 0 Å². The van der Waals surface area contributed by atoms with E-state index in [1.165, 1.54) is 0 Å². The van der Waals surface area contributed by atoms with Gasteiger partial charge in [0.25, 0.3) is 0 Å². The first-order chi connectivity index (χ1) is 7.54. The fourth-order valence-corrected chi connectivity index (χ4v) is 1.89. The number of nitrogens with zero attached hydrogens (tertiary/aromatic N) is 2. The molecule has 0 aliphatic carbocycles. The Morgan fingerprint density at radius 3 is 2.69 bits per heavy atom. The van der Waals surface area contributed by atoms with Crippen molar-refractivity contribution in [3.8, 4) is 11.4 Å². The molecular weight excluding hydrogens is 244 g/mol. The Hall–Kier alpha value is -1.46. The maximum Gasteiger partial charge on any atom is 0.224 e. The molecule has 2 rings (SSSR count). The summed E-state index contributed by atoms with van der Waals surface area (Å²) in [6.07, 6.45) is 0. The predicted molar refractivity (Wildman–Crippen MR) is 66.8 cm³/mol. The van der Waals surface area contributed by atoms with E-state index < -0.39 is 0 Å². The number of aromatic nitrogens is 3. The van der Waals surface area contributed by atoms with Crippen LogP contribution in [0.3, 0.4) is 0 Å². The summed E-state index contributed by atoms with van der Waals surface area (Å²) in [4.78, 5) is 10.7. The minimum Gasteiger partial charge on any atom is -0.369 e. The van der Waals surface area contributed by atoms with E-state index in [0.717, 1.165) is 11.1 Å². The minimum atomic E-state index is 0.212. The van der Waals surface area contributed by atoms with Crippen molar-refractivity contribution in [2.24, 2.45) is 0 Å². The van der Waals surface area contributed by atoms with Gasteiger partial charge in [-0.25, -0.2) is 4.98 Å². The lowest BCUT2D eigenvalue weighted by atomic mass is 10.1. The van der Waals surface area contributed by atoms with Crippen molar-refractivity contribution in [3.63, 3.8) is 0 Å². The van der Waals surface area contributed by atoms with E-state index >= 15 is 0 Å². The SMILES string of the molecule is Cc1cc(Cl)cc(-c2nc(=S)nc(N)[nH]2)c1. The summed E-state index contributed by atoms with van der Waals surface area (Å²) >= 11 is 10.9. The van der Waals surface area contributed by atoms with Crippen LogP contribution in [0, 0.1) is 11.7 Å². The molecule has 1 aromatic carbocycles. The molecule has 0 unspecified atom stereocenters. The zero-order chi connectivity index (χ0) is 11.7. The van der Waals surface area contributed by atoms with E-state index in [4.69, 9.17) is 29.6 Å². The first-order valence-corrected chi connectivity index (χ1v) is 5.34. The predicted octanol–water partition coefficient (Wildman–Crippen LogP) is 2.75. The summed E-state index contributed by atoms with van der Waals surface area (Å²) in [5, 5.41) is 0.645. The highest BCUT2D eigenvalue weighted by atomic mass is 35.5. The highest BCUT2D eigenvalue weighted by Crippen LogP contribution is 2.21. The van der Waals surface area contributed by atoms with Crippen LogP contribution in [0.25, 0.3) is 11.4 Å². The molecule has 0 radical (unpaired) electrons. The van der Waals surface area contributed by atoms with Gasteiger partial charge in [0, 0.05) is 10.6 Å². The Bertz CT molecular complexity index is 573. The molecule has 0 saturated carbocycles. The van der Waals surface area contributed by atoms with Gasteiger partial charge in [-0.15, -0.1) is 0 Å². The normalized spacial score (nSPS) is 10.4. The van der Waals surface area contributed by atoms with Gasteiger partial charge in [0.1, 0.15) is 5.82 Å². The first-order valence-electron chi connectivity index (χ1n) is 4.56. The van der Waals surface area contributed by atoms with Crippen LogP contribution in [0.4, 0.5) is 5.95 Å². The Labute approximate surface area is 103 Å². The van der Waals surface area contributed by atoms with Crippen molar-refractivity contribution in [1.82, 2.24) is 15.0 Å². The van der Waals surface area contributed by atoms with Crippen LogP contribution >= 0.6 is 23.8 Å². The first kappa shape index (κ1) is 11.0. The molecule has 2 aromatic rings. The molecular formula is C10H9ClN4S. The Kier molecular flexibility index (Phi) is 2.89. The van der Waals surface area contributed by atoms with Crippen LogP contribution in [-0.2, 0) is 0 Å². The second kappa shape index (κ2) is 4.19. The quantitative estimate of drug-likeness (QED) is 0.766. The van der Waals surface area contributed by atoms with Gasteiger partial charge in [-0.1, -0.05) is 11.6 Å². The standard InChI is InChI=1S/C10H9ClN4S/c1-5-2-6(4-7(11)3-5)8-13-9(12)15-10(16)14-8/h2-4H,1H3,(H3,12,13,14,15,16). The van der Waals surface area contributed by atoms with Crippen molar-refractivity contribution in [1.29, 1.82) is 0 Å². The lowest BCUT2D eigenvalue weighted by molar-refractivity contribution is 1.05. The molecule has 0 aliphatic rings. The lowest BCUT2D eigenvalue weighted by Gasteiger charge is -2.04. The number of nitrogen functional groups attached to an aromatic ring is 1. The fourth-order valence-electron chi connectivity index (χ4n) is 1.41. The Morgan fingerprint density at radius 1 is 1.31 bits per heavy atom. The molecule has 0 bridgehead atoms. The van der Waals surface area contributed by atoms with Crippen LogP contribution in [-0.4, -0.2) is 15.0 Å². The average molecular weight is 253 g/mol. The summed E-state index contributed by atoms with van der Waals surface area (Å²) in [6.45, 7) is 1.95. The van der Waals surface area contributed by atoms with Gasteiger partial charge in [-0.2, -0.15) is 4.98 Å². The second-order valence-corrected chi connectivity index (χ2v) is 4.18. The molecule has 1 aromatic heterocycles. The molecule has 0 saturated heterocycles. The molecule has 1 heterocycles. The number of benzene rings is 1. The molecule has 82 valence electrons. The maximum absolute atomic E-state index is 5.97. The van der Waals surface area contributed by atoms with Gasteiger partial charge < -0.3 is 10.7 Å². The number of hydrogen-bond donors (Lipinski definition) is 2. The molecule has 0 aliphatic heterocycles. The Balaban J connectivity index is 2.62. The van der Waals surface area contributed by atoms with Crippen LogP contribution in [0.1, 0.15) is 5.56 Å². The molecule has 16 heavy (non-hydrogen) atoms. The van der Waals surface area contributed by atoms with Crippen molar-refractivity contribution in [2.75, 3.05) is 5.73 Å². The van der Waals surface area contributed by atoms with E-state index in [9.17, 15) is 0 Å². The molecule has 0 spiro atoms. The monoisotopic (exact) mass is 252 g/mol. The van der Waals surface area contributed by atoms with Crippen LogP contribution in [0.15, 0.2) is 18.2 Å². The molecule has 4 nitrogen and oxygen atoms in total. The summed E-state index contributed by atoms with van der Waals surface area (Å²) in [5.41, 5.74) is 7.45. The highest BCUT2D eigenvalue weighted by Gasteiger charge is 2.03. The number of hydrogen-bond acceptors (Lipinski definition) is 4. The summed E-state index contributed by atoms with van der Waals surface area (Å²) in [6, 6.07) is 5.60. The van der Waals surface area contributed by atoms with Crippen LogP contribution in [0.2, 0.25) is 5.02 Å². The third kappa shape index (κ3) is 2.37. The number of nitrogens with one attached hydrogen (secondary N) is 1. The van der Waals surface area contributed by atoms with E-state index in [1.54, 1.807) is 6.07 Å². The third-order valence-electron chi connectivity index (χ3n) is 1.99. The van der Waals surface area contributed by atoms with Gasteiger partial charge in [-0.05, 0) is 42.9 Å². The van der Waals surface area contributed by atoms with Gasteiger partial charge in [0.05, 0.1) is 0 Å². The van der Waals surface area contributed by atoms with Gasteiger partial charge in [0.2, 0.25) is 10.7 Å². The van der Waals surface area contributed by atoms with Crippen molar-refractivity contribution >= 4 is 29.8 Å². The van der Waals surface area contributed by atoms with Crippen molar-refractivity contribution in [3.05, 3.63) is 33.6 Å². The number of anilines is 1. The molecule has 0 atom stereocenters. The van der Waals surface area contributed by atoms with Crippen molar-refractivity contribution < 1.29 is 0 Å². The zero-order valence-electron chi connectivity index (χ0n) is 8.49. The highest BCUT2D eigenvalue weighted by molar-refractivity contribution is 7.71. The van der Waals surface area contributed by atoms with E-state index in [2.05, 4.69) is 15.0 Å². The molecule has 0 amide bonds. The summed E-state index contributed by atoms with van der Waals surface area (Å²) in [5.74, 6) is 0.815. The molecule has 6 heteroatoms. The zero-order valence-corrected chi connectivity index (χ0v) is 10.1. The average Bonchev–Trinajstić information content (AvgIpc) is 2.14. The van der Waals surface area contributed by atoms with E-state index in [0.29, 0.717) is 10.8 Å².